The van der Waals surface area contributed by atoms with E-state index in [1.807, 2.05) is 19.1 Å². The number of carbonyl (C=O) groups excluding carboxylic acids is 1. The van der Waals surface area contributed by atoms with Crippen LogP contribution in [0, 0.1) is 5.92 Å². The molecule has 1 aliphatic heterocycles. The fourth-order valence-electron chi connectivity index (χ4n) is 3.25. The van der Waals surface area contributed by atoms with Crippen molar-refractivity contribution in [3.63, 3.8) is 0 Å². The SMILES string of the molecule is C=CCCN(CC(C)C=C)C1=C(C(O)CO)C(=O)N(C/C(C=C)=C/C=C/F)CC1. The third-order valence-electron chi connectivity index (χ3n) is 4.87. The summed E-state index contributed by atoms with van der Waals surface area (Å²) in [5.41, 5.74) is 1.64. The molecule has 1 amide bonds. The van der Waals surface area contributed by atoms with Crippen molar-refractivity contribution < 1.29 is 19.4 Å². The van der Waals surface area contributed by atoms with E-state index in [-0.39, 0.29) is 23.9 Å². The van der Waals surface area contributed by atoms with Crippen LogP contribution in [-0.4, -0.2) is 64.8 Å². The zero-order valence-electron chi connectivity index (χ0n) is 17.3. The Labute approximate surface area is 173 Å². The van der Waals surface area contributed by atoms with Crippen molar-refractivity contribution in [2.75, 3.05) is 32.8 Å². The molecule has 29 heavy (non-hydrogen) atoms. The van der Waals surface area contributed by atoms with Gasteiger partial charge >= 0.3 is 0 Å². The summed E-state index contributed by atoms with van der Waals surface area (Å²) in [6.07, 6.45) is 8.43. The number of hydrogen-bond acceptors (Lipinski definition) is 4. The molecule has 1 aliphatic rings. The number of nitrogens with zero attached hydrogens (tertiary/aromatic N) is 2. The Kier molecular flexibility index (Phi) is 10.9. The summed E-state index contributed by atoms with van der Waals surface area (Å²) in [4.78, 5) is 16.8. The maximum Gasteiger partial charge on any atom is 0.254 e. The Balaban J connectivity index is 3.27. The Morgan fingerprint density at radius 1 is 1.38 bits per heavy atom. The first-order valence-corrected chi connectivity index (χ1v) is 9.81. The number of halogens is 1. The Bertz CT molecular complexity index is 682. The van der Waals surface area contributed by atoms with Crippen LogP contribution in [0.3, 0.4) is 0 Å². The lowest BCUT2D eigenvalue weighted by Crippen LogP contribution is -2.46. The maximum atomic E-state index is 13.2. The first-order chi connectivity index (χ1) is 13.9. The molecule has 0 aliphatic carbocycles. The molecule has 0 bridgehead atoms. The van der Waals surface area contributed by atoms with E-state index in [9.17, 15) is 19.4 Å². The van der Waals surface area contributed by atoms with Crippen molar-refractivity contribution in [2.24, 2.45) is 5.92 Å². The molecular weight excluding hydrogens is 371 g/mol. The van der Waals surface area contributed by atoms with Gasteiger partial charge in [-0.05, 0) is 24.0 Å². The predicted molar refractivity (Wildman–Crippen MR) is 116 cm³/mol. The van der Waals surface area contributed by atoms with E-state index in [1.165, 1.54) is 6.08 Å². The number of hydrogen-bond donors (Lipinski definition) is 2. The van der Waals surface area contributed by atoms with E-state index >= 15 is 0 Å². The van der Waals surface area contributed by atoms with Gasteiger partial charge in [-0.3, -0.25) is 4.79 Å². The molecule has 0 aromatic carbocycles. The van der Waals surface area contributed by atoms with Gasteiger partial charge in [0.2, 0.25) is 0 Å². The third-order valence-corrected chi connectivity index (χ3v) is 4.87. The maximum absolute atomic E-state index is 13.2. The van der Waals surface area contributed by atoms with Crippen LogP contribution < -0.4 is 0 Å². The van der Waals surface area contributed by atoms with Gasteiger partial charge in [0.05, 0.1) is 18.5 Å². The van der Waals surface area contributed by atoms with Gasteiger partial charge in [0, 0.05) is 38.3 Å². The molecule has 0 saturated carbocycles. The minimum atomic E-state index is -1.27. The largest absolute Gasteiger partial charge is 0.393 e. The van der Waals surface area contributed by atoms with Crippen LogP contribution in [0.15, 0.2) is 73.3 Å². The second-order valence-corrected chi connectivity index (χ2v) is 7.04. The lowest BCUT2D eigenvalue weighted by Gasteiger charge is -2.38. The highest BCUT2D eigenvalue weighted by molar-refractivity contribution is 5.96. The number of allylic oxidation sites excluding steroid dienone is 2. The number of amides is 1. The quantitative estimate of drug-likeness (QED) is 0.366. The van der Waals surface area contributed by atoms with E-state index in [2.05, 4.69) is 24.6 Å². The molecule has 0 aromatic rings. The van der Waals surface area contributed by atoms with Gasteiger partial charge in [-0.2, -0.15) is 0 Å². The monoisotopic (exact) mass is 404 g/mol. The molecule has 1 heterocycles. The van der Waals surface area contributed by atoms with Crippen LogP contribution in [0.2, 0.25) is 0 Å². The molecular formula is C23H33FN2O3. The van der Waals surface area contributed by atoms with Crippen molar-refractivity contribution >= 4 is 5.91 Å². The van der Waals surface area contributed by atoms with Gasteiger partial charge in [0.25, 0.3) is 5.91 Å². The molecule has 0 aromatic heterocycles. The number of rotatable bonds is 13. The third kappa shape index (κ3) is 7.15. The molecule has 1 rings (SSSR count). The van der Waals surface area contributed by atoms with Crippen molar-refractivity contribution in [3.05, 3.63) is 73.3 Å². The smallest absolute Gasteiger partial charge is 0.254 e. The summed E-state index contributed by atoms with van der Waals surface area (Å²) in [5.74, 6) is -0.143. The van der Waals surface area contributed by atoms with Crippen molar-refractivity contribution in [3.8, 4) is 0 Å². The molecule has 2 unspecified atom stereocenters. The van der Waals surface area contributed by atoms with Crippen LogP contribution in [0.25, 0.3) is 0 Å². The average molecular weight is 405 g/mol. The first kappa shape index (κ1) is 24.6. The van der Waals surface area contributed by atoms with Crippen LogP contribution in [0.5, 0.6) is 0 Å². The lowest BCUT2D eigenvalue weighted by atomic mass is 9.97. The molecule has 0 fully saturated rings. The molecule has 2 atom stereocenters. The molecule has 160 valence electrons. The molecule has 6 heteroatoms. The van der Waals surface area contributed by atoms with Gasteiger partial charge in [-0.1, -0.05) is 37.8 Å². The van der Waals surface area contributed by atoms with E-state index in [0.29, 0.717) is 38.0 Å². The predicted octanol–water partition coefficient (Wildman–Crippen LogP) is 3.12. The molecule has 2 N–H and O–H groups in total. The van der Waals surface area contributed by atoms with Crippen molar-refractivity contribution in [1.29, 1.82) is 0 Å². The summed E-state index contributed by atoms with van der Waals surface area (Å²) >= 11 is 0. The molecule has 0 spiro atoms. The van der Waals surface area contributed by atoms with Gasteiger partial charge in [0.15, 0.2) is 0 Å². The van der Waals surface area contributed by atoms with Gasteiger partial charge in [0.1, 0.15) is 6.10 Å². The fourth-order valence-corrected chi connectivity index (χ4v) is 3.25. The molecule has 0 radical (unpaired) electrons. The van der Waals surface area contributed by atoms with Crippen molar-refractivity contribution in [1.82, 2.24) is 9.80 Å². The second kappa shape index (κ2) is 12.9. The lowest BCUT2D eigenvalue weighted by molar-refractivity contribution is -0.129. The topological polar surface area (TPSA) is 64.0 Å². The first-order valence-electron chi connectivity index (χ1n) is 9.81. The minimum Gasteiger partial charge on any atom is -0.393 e. The summed E-state index contributed by atoms with van der Waals surface area (Å²) in [5, 5.41) is 20.0. The summed E-state index contributed by atoms with van der Waals surface area (Å²) in [6, 6.07) is 0. The van der Waals surface area contributed by atoms with Gasteiger partial charge < -0.3 is 20.0 Å². The minimum absolute atomic E-state index is 0.191. The Morgan fingerprint density at radius 2 is 2.10 bits per heavy atom. The van der Waals surface area contributed by atoms with E-state index < -0.39 is 12.7 Å². The van der Waals surface area contributed by atoms with E-state index in [1.54, 1.807) is 17.1 Å². The molecule has 0 saturated heterocycles. The van der Waals surface area contributed by atoms with Gasteiger partial charge in [-0.15, -0.1) is 13.2 Å². The van der Waals surface area contributed by atoms with Crippen molar-refractivity contribution in [2.45, 2.75) is 25.9 Å². The second-order valence-electron chi connectivity index (χ2n) is 7.04. The summed E-state index contributed by atoms with van der Waals surface area (Å²) in [7, 11) is 0. The standard InChI is InChI=1S/C23H33FN2O3/c1-5-8-13-25(15-18(4)6-2)20-11-14-26(16-19(7-3)10-9-12-24)23(29)22(20)21(28)17-27/h5-7,9-10,12,18,21,27-28H,1-3,8,11,13-17H2,4H3/b12-9+,19-10+. The van der Waals surface area contributed by atoms with Crippen LogP contribution in [-0.2, 0) is 4.79 Å². The van der Waals surface area contributed by atoms with Crippen LogP contribution in [0.4, 0.5) is 4.39 Å². The zero-order chi connectivity index (χ0) is 21.8. The Hall–Kier alpha value is -2.44. The number of aliphatic hydroxyl groups excluding tert-OH is 2. The van der Waals surface area contributed by atoms with E-state index in [4.69, 9.17) is 0 Å². The van der Waals surface area contributed by atoms with Gasteiger partial charge in [-0.25, -0.2) is 4.39 Å². The summed E-state index contributed by atoms with van der Waals surface area (Å²) in [6.45, 7) is 14.8. The zero-order valence-corrected chi connectivity index (χ0v) is 17.3. The van der Waals surface area contributed by atoms with Crippen LogP contribution in [0.1, 0.15) is 19.8 Å². The highest BCUT2D eigenvalue weighted by atomic mass is 19.1. The molecule has 5 nitrogen and oxygen atoms in total. The van der Waals surface area contributed by atoms with Crippen LogP contribution >= 0.6 is 0 Å². The highest BCUT2D eigenvalue weighted by Crippen LogP contribution is 2.27. The highest BCUT2D eigenvalue weighted by Gasteiger charge is 2.33. The van der Waals surface area contributed by atoms with E-state index in [0.717, 1.165) is 12.1 Å². The number of carbonyl (C=O) groups is 1. The Morgan fingerprint density at radius 3 is 2.66 bits per heavy atom. The summed E-state index contributed by atoms with van der Waals surface area (Å²) < 4.78 is 12.3. The fraction of sp³-hybridized carbons (Fsp3) is 0.435. The normalized spacial score (nSPS) is 17.4. The average Bonchev–Trinajstić information content (AvgIpc) is 2.74. The number of aliphatic hydroxyl groups is 2.